The molecule has 0 unspecified atom stereocenters. The summed E-state index contributed by atoms with van der Waals surface area (Å²) in [6.45, 7) is 5.75. The van der Waals surface area contributed by atoms with Crippen molar-refractivity contribution < 1.29 is 4.79 Å². The third kappa shape index (κ3) is 3.08. The Balaban J connectivity index is 1.68. The normalized spacial score (nSPS) is 15.9. The van der Waals surface area contributed by atoms with Crippen molar-refractivity contribution in [1.29, 1.82) is 0 Å². The van der Waals surface area contributed by atoms with Crippen LogP contribution in [0.4, 0.5) is 10.5 Å². The first kappa shape index (κ1) is 15.9. The van der Waals surface area contributed by atoms with Crippen LogP contribution in [0.1, 0.15) is 18.1 Å². The Kier molecular flexibility index (Phi) is 4.35. The molecule has 1 N–H and O–H groups in total. The number of nitrogens with one attached hydrogen (secondary N) is 1. The fraction of sp³-hybridized carbons (Fsp3) is 0.316. The number of hydrogen-bond donors (Lipinski definition) is 1. The highest BCUT2D eigenvalue weighted by Gasteiger charge is 2.42. The Morgan fingerprint density at radius 2 is 1.83 bits per heavy atom. The first-order valence-electron chi connectivity index (χ1n) is 7.78. The number of carbonyl (C=O) groups is 1. The third-order valence-electron chi connectivity index (χ3n) is 4.52. The van der Waals surface area contributed by atoms with Gasteiger partial charge in [0.15, 0.2) is 0 Å². The van der Waals surface area contributed by atoms with Gasteiger partial charge in [-0.15, -0.1) is 11.8 Å². The second kappa shape index (κ2) is 6.28. The van der Waals surface area contributed by atoms with Gasteiger partial charge in [0.25, 0.3) is 0 Å². The van der Waals surface area contributed by atoms with E-state index in [4.69, 9.17) is 0 Å². The van der Waals surface area contributed by atoms with Crippen LogP contribution in [0.3, 0.4) is 0 Å². The smallest absolute Gasteiger partial charge is 0.321 e. The largest absolute Gasteiger partial charge is 0.323 e. The lowest BCUT2D eigenvalue weighted by atomic mass is 9.76. The monoisotopic (exact) mass is 326 g/mol. The summed E-state index contributed by atoms with van der Waals surface area (Å²) < 4.78 is 0. The van der Waals surface area contributed by atoms with Crippen LogP contribution in [0.15, 0.2) is 53.4 Å². The SMILES string of the molecule is CSc1cccc(C)c1NC(=O)N1CC(C)(c2ccccc2)C1. The number of urea groups is 1. The maximum Gasteiger partial charge on any atom is 0.321 e. The molecule has 23 heavy (non-hydrogen) atoms. The molecule has 1 aliphatic heterocycles. The summed E-state index contributed by atoms with van der Waals surface area (Å²) in [6, 6.07) is 16.5. The summed E-state index contributed by atoms with van der Waals surface area (Å²) in [4.78, 5) is 15.5. The number of anilines is 1. The molecule has 0 radical (unpaired) electrons. The zero-order chi connectivity index (χ0) is 16.4. The summed E-state index contributed by atoms with van der Waals surface area (Å²) in [5.74, 6) is 0. The lowest BCUT2D eigenvalue weighted by molar-refractivity contribution is 0.112. The van der Waals surface area contributed by atoms with Crippen LogP contribution in [-0.4, -0.2) is 30.3 Å². The molecular weight excluding hydrogens is 304 g/mol. The lowest BCUT2D eigenvalue weighted by Crippen LogP contribution is -2.60. The number of benzene rings is 2. The summed E-state index contributed by atoms with van der Waals surface area (Å²) >= 11 is 1.65. The molecule has 3 rings (SSSR count). The van der Waals surface area contributed by atoms with Crippen molar-refractivity contribution in [2.24, 2.45) is 0 Å². The molecule has 1 saturated heterocycles. The second-order valence-corrected chi connectivity index (χ2v) is 7.21. The first-order chi connectivity index (χ1) is 11.0. The van der Waals surface area contributed by atoms with E-state index < -0.39 is 0 Å². The highest BCUT2D eigenvalue weighted by molar-refractivity contribution is 7.98. The van der Waals surface area contributed by atoms with Gasteiger partial charge in [0.05, 0.1) is 5.69 Å². The molecule has 0 atom stereocenters. The highest BCUT2D eigenvalue weighted by atomic mass is 32.2. The van der Waals surface area contributed by atoms with Gasteiger partial charge in [-0.2, -0.15) is 0 Å². The van der Waals surface area contributed by atoms with Crippen LogP contribution in [0.2, 0.25) is 0 Å². The van der Waals surface area contributed by atoms with Crippen molar-refractivity contribution in [1.82, 2.24) is 4.90 Å². The van der Waals surface area contributed by atoms with Crippen LogP contribution in [0, 0.1) is 6.92 Å². The van der Waals surface area contributed by atoms with E-state index in [1.807, 2.05) is 42.3 Å². The van der Waals surface area contributed by atoms with Crippen LogP contribution in [-0.2, 0) is 5.41 Å². The van der Waals surface area contributed by atoms with Gasteiger partial charge in [-0.05, 0) is 30.4 Å². The van der Waals surface area contributed by atoms with Crippen molar-refractivity contribution in [2.45, 2.75) is 24.2 Å². The number of likely N-dealkylation sites (tertiary alicyclic amines) is 1. The number of carbonyl (C=O) groups excluding carboxylic acids is 1. The van der Waals surface area contributed by atoms with Gasteiger partial charge in [0, 0.05) is 23.4 Å². The van der Waals surface area contributed by atoms with Crippen molar-refractivity contribution in [3.05, 3.63) is 59.7 Å². The van der Waals surface area contributed by atoms with Gasteiger partial charge in [-0.1, -0.05) is 49.4 Å². The maximum absolute atomic E-state index is 12.5. The van der Waals surface area contributed by atoms with E-state index in [9.17, 15) is 4.79 Å². The zero-order valence-electron chi connectivity index (χ0n) is 13.8. The van der Waals surface area contributed by atoms with Crippen molar-refractivity contribution in [3.8, 4) is 0 Å². The number of hydrogen-bond acceptors (Lipinski definition) is 2. The average molecular weight is 326 g/mol. The Labute approximate surface area is 142 Å². The van der Waals surface area contributed by atoms with Crippen molar-refractivity contribution in [2.75, 3.05) is 24.7 Å². The van der Waals surface area contributed by atoms with Gasteiger partial charge in [0.2, 0.25) is 0 Å². The molecule has 1 heterocycles. The van der Waals surface area contributed by atoms with E-state index in [-0.39, 0.29) is 11.4 Å². The molecule has 120 valence electrons. The van der Waals surface area contributed by atoms with E-state index >= 15 is 0 Å². The molecule has 2 aromatic carbocycles. The zero-order valence-corrected chi connectivity index (χ0v) is 14.6. The quantitative estimate of drug-likeness (QED) is 0.841. The van der Waals surface area contributed by atoms with Gasteiger partial charge in [0.1, 0.15) is 0 Å². The lowest BCUT2D eigenvalue weighted by Gasteiger charge is -2.48. The maximum atomic E-state index is 12.5. The van der Waals surface area contributed by atoms with E-state index in [0.717, 1.165) is 29.2 Å². The first-order valence-corrected chi connectivity index (χ1v) is 9.01. The minimum atomic E-state index is -0.0111. The molecule has 1 fully saturated rings. The Hall–Kier alpha value is -1.94. The molecule has 2 aromatic rings. The van der Waals surface area contributed by atoms with E-state index in [1.54, 1.807) is 11.8 Å². The predicted molar refractivity (Wildman–Crippen MR) is 97.3 cm³/mol. The number of amides is 2. The summed E-state index contributed by atoms with van der Waals surface area (Å²) in [6.07, 6.45) is 2.03. The van der Waals surface area contributed by atoms with Crippen LogP contribution in [0.5, 0.6) is 0 Å². The van der Waals surface area contributed by atoms with Gasteiger partial charge >= 0.3 is 6.03 Å². The molecule has 4 heteroatoms. The van der Waals surface area contributed by atoms with Gasteiger partial charge in [-0.25, -0.2) is 4.79 Å². The molecule has 0 aromatic heterocycles. The number of rotatable bonds is 3. The molecule has 0 bridgehead atoms. The molecule has 2 amide bonds. The molecule has 0 saturated carbocycles. The number of nitrogens with zero attached hydrogens (tertiary/aromatic N) is 1. The Morgan fingerprint density at radius 3 is 2.48 bits per heavy atom. The van der Waals surface area contributed by atoms with E-state index in [0.29, 0.717) is 0 Å². The van der Waals surface area contributed by atoms with Crippen LogP contribution in [0.25, 0.3) is 0 Å². The third-order valence-corrected chi connectivity index (χ3v) is 5.30. The average Bonchev–Trinajstić information content (AvgIpc) is 2.54. The minimum Gasteiger partial charge on any atom is -0.323 e. The summed E-state index contributed by atoms with van der Waals surface area (Å²) in [7, 11) is 0. The summed E-state index contributed by atoms with van der Waals surface area (Å²) in [5, 5.41) is 3.09. The predicted octanol–water partition coefficient (Wildman–Crippen LogP) is 4.52. The number of aryl methyl sites for hydroxylation is 1. The second-order valence-electron chi connectivity index (χ2n) is 6.37. The summed E-state index contributed by atoms with van der Waals surface area (Å²) in [5.41, 5.74) is 3.38. The van der Waals surface area contributed by atoms with Gasteiger partial charge in [-0.3, -0.25) is 0 Å². The van der Waals surface area contributed by atoms with Gasteiger partial charge < -0.3 is 10.2 Å². The Bertz CT molecular complexity index is 709. The molecule has 0 aliphatic carbocycles. The van der Waals surface area contributed by atoms with Crippen molar-refractivity contribution >= 4 is 23.5 Å². The standard InChI is InChI=1S/C19H22N2OS/c1-14-8-7-11-16(23-3)17(14)20-18(22)21-12-19(2,13-21)15-9-5-4-6-10-15/h4-11H,12-13H2,1-3H3,(H,20,22). The highest BCUT2D eigenvalue weighted by Crippen LogP contribution is 2.35. The fourth-order valence-electron chi connectivity index (χ4n) is 3.12. The van der Waals surface area contributed by atoms with Crippen LogP contribution >= 0.6 is 11.8 Å². The molecule has 3 nitrogen and oxygen atoms in total. The van der Waals surface area contributed by atoms with E-state index in [1.165, 1.54) is 5.56 Å². The molecule has 1 aliphatic rings. The molecular formula is C19H22N2OS. The topological polar surface area (TPSA) is 32.3 Å². The molecule has 0 spiro atoms. The van der Waals surface area contributed by atoms with Crippen molar-refractivity contribution in [3.63, 3.8) is 0 Å². The Morgan fingerprint density at radius 1 is 1.13 bits per heavy atom. The van der Waals surface area contributed by atoms with E-state index in [2.05, 4.69) is 36.5 Å². The van der Waals surface area contributed by atoms with Crippen LogP contribution < -0.4 is 5.32 Å². The number of para-hydroxylation sites is 1. The fourth-order valence-corrected chi connectivity index (χ4v) is 3.75. The minimum absolute atomic E-state index is 0.0111. The number of thioether (sulfide) groups is 1.